The fourth-order valence-corrected chi connectivity index (χ4v) is 5.48. The van der Waals surface area contributed by atoms with Gasteiger partial charge in [-0.1, -0.05) is 5.92 Å². The summed E-state index contributed by atoms with van der Waals surface area (Å²) in [5.41, 5.74) is 6.57. The Labute approximate surface area is 196 Å². The molecule has 11 heteroatoms. The molecule has 34 heavy (non-hydrogen) atoms. The van der Waals surface area contributed by atoms with Gasteiger partial charge in [-0.2, -0.15) is 5.10 Å². The van der Waals surface area contributed by atoms with Gasteiger partial charge in [-0.3, -0.25) is 4.79 Å². The average molecular weight is 480 g/mol. The summed E-state index contributed by atoms with van der Waals surface area (Å²) >= 11 is 1.33. The van der Waals surface area contributed by atoms with E-state index < -0.39 is 11.6 Å². The Kier molecular flexibility index (Phi) is 4.74. The minimum absolute atomic E-state index is 0.0126. The number of rotatable bonds is 2. The molecule has 0 bridgehead atoms. The van der Waals surface area contributed by atoms with E-state index in [1.807, 2.05) is 0 Å². The van der Waals surface area contributed by atoms with Crippen molar-refractivity contribution in [2.24, 2.45) is 0 Å². The number of halogens is 2. The number of fused-ring (bicyclic) bond motifs is 2. The first-order valence-electron chi connectivity index (χ1n) is 11.0. The van der Waals surface area contributed by atoms with E-state index in [4.69, 9.17) is 5.73 Å². The molecule has 2 aliphatic rings. The summed E-state index contributed by atoms with van der Waals surface area (Å²) in [5.74, 6) is 4.38. The maximum atomic E-state index is 15.2. The fraction of sp³-hybridized carbons (Fsp3) is 0.348. The molecule has 3 aromatic heterocycles. The van der Waals surface area contributed by atoms with Crippen LogP contribution in [0.5, 0.6) is 0 Å². The number of carbonyl (C=O) groups excluding carboxylic acids is 1. The molecule has 1 amide bonds. The summed E-state index contributed by atoms with van der Waals surface area (Å²) in [6.45, 7) is 2.61. The van der Waals surface area contributed by atoms with Crippen LogP contribution in [0.1, 0.15) is 54.4 Å². The molecule has 6 rings (SSSR count). The Hall–Kier alpha value is -3.65. The number of anilines is 1. The highest BCUT2D eigenvalue weighted by Crippen LogP contribution is 2.44. The standard InChI is InChI=1S/C23H19F2N7OS/c1-11(33)31-7-6-13(9-31)32-22-18(21(26)27-10-28-22)16(30-32)5-4-14-15(24)8-17-20(19(14)25)29-23(34-17)12-2-3-12/h8,10,12-13H,2-3,6-7,9H2,1H3,(H2,26,27,28)/t13-/m0/s1. The van der Waals surface area contributed by atoms with E-state index in [0.717, 1.165) is 17.8 Å². The number of amides is 1. The zero-order chi connectivity index (χ0) is 23.6. The number of carbonyl (C=O) groups is 1. The fourth-order valence-electron chi connectivity index (χ4n) is 4.32. The van der Waals surface area contributed by atoms with E-state index in [1.165, 1.54) is 30.7 Å². The summed E-state index contributed by atoms with van der Waals surface area (Å²) < 4.78 is 32.1. The Morgan fingerprint density at radius 1 is 1.24 bits per heavy atom. The molecule has 4 aromatic rings. The normalized spacial score (nSPS) is 18.0. The van der Waals surface area contributed by atoms with Crippen molar-refractivity contribution in [1.29, 1.82) is 0 Å². The van der Waals surface area contributed by atoms with Gasteiger partial charge in [-0.25, -0.2) is 28.4 Å². The van der Waals surface area contributed by atoms with Crippen LogP contribution in [0, 0.1) is 23.5 Å². The van der Waals surface area contributed by atoms with Crippen LogP contribution in [0.25, 0.3) is 21.3 Å². The lowest BCUT2D eigenvalue weighted by molar-refractivity contribution is -0.127. The van der Waals surface area contributed by atoms with Gasteiger partial charge in [-0.05, 0) is 31.2 Å². The van der Waals surface area contributed by atoms with Crippen molar-refractivity contribution in [3.63, 3.8) is 0 Å². The van der Waals surface area contributed by atoms with Crippen molar-refractivity contribution < 1.29 is 13.6 Å². The van der Waals surface area contributed by atoms with E-state index in [-0.39, 0.29) is 34.5 Å². The molecule has 4 heterocycles. The number of nitrogens with zero attached hydrogens (tertiary/aromatic N) is 6. The van der Waals surface area contributed by atoms with Crippen molar-refractivity contribution in [2.45, 2.75) is 38.1 Å². The Bertz CT molecular complexity index is 1550. The van der Waals surface area contributed by atoms with E-state index in [9.17, 15) is 9.18 Å². The first-order valence-corrected chi connectivity index (χ1v) is 11.8. The molecular weight excluding hydrogens is 460 g/mol. The number of benzene rings is 1. The molecule has 1 saturated heterocycles. The molecule has 1 saturated carbocycles. The molecule has 0 spiro atoms. The van der Waals surface area contributed by atoms with E-state index >= 15 is 4.39 Å². The number of hydrogen-bond donors (Lipinski definition) is 1. The van der Waals surface area contributed by atoms with Crippen LogP contribution in [0.2, 0.25) is 0 Å². The number of aromatic nitrogens is 5. The Morgan fingerprint density at radius 3 is 2.79 bits per heavy atom. The van der Waals surface area contributed by atoms with Crippen molar-refractivity contribution in [2.75, 3.05) is 18.8 Å². The molecule has 172 valence electrons. The molecule has 2 fully saturated rings. The topological polar surface area (TPSA) is 103 Å². The maximum absolute atomic E-state index is 15.2. The summed E-state index contributed by atoms with van der Waals surface area (Å²) in [5, 5.41) is 5.82. The minimum atomic E-state index is -0.772. The van der Waals surface area contributed by atoms with Gasteiger partial charge in [0.25, 0.3) is 0 Å². The number of hydrogen-bond acceptors (Lipinski definition) is 7. The molecule has 0 unspecified atom stereocenters. The van der Waals surface area contributed by atoms with Gasteiger partial charge >= 0.3 is 0 Å². The summed E-state index contributed by atoms with van der Waals surface area (Å²) in [6, 6.07) is 1.17. The van der Waals surface area contributed by atoms with Crippen LogP contribution in [0.3, 0.4) is 0 Å². The molecule has 2 N–H and O–H groups in total. The molecule has 1 aliphatic heterocycles. The summed E-state index contributed by atoms with van der Waals surface area (Å²) in [7, 11) is 0. The van der Waals surface area contributed by atoms with Crippen LogP contribution in [-0.4, -0.2) is 48.6 Å². The van der Waals surface area contributed by atoms with Crippen LogP contribution < -0.4 is 5.73 Å². The largest absolute Gasteiger partial charge is 0.383 e. The predicted molar refractivity (Wildman–Crippen MR) is 123 cm³/mol. The number of nitrogen functional groups attached to an aromatic ring is 1. The van der Waals surface area contributed by atoms with Crippen LogP contribution in [0.4, 0.5) is 14.6 Å². The quantitative estimate of drug-likeness (QED) is 0.442. The maximum Gasteiger partial charge on any atom is 0.219 e. The second kappa shape index (κ2) is 7.70. The summed E-state index contributed by atoms with van der Waals surface area (Å²) in [6.07, 6.45) is 4.08. The van der Waals surface area contributed by atoms with Crippen LogP contribution in [-0.2, 0) is 4.79 Å². The third-order valence-corrected chi connectivity index (χ3v) is 7.46. The number of thiazole rings is 1. The molecule has 0 radical (unpaired) electrons. The van der Waals surface area contributed by atoms with Crippen molar-refractivity contribution in [3.8, 4) is 11.8 Å². The van der Waals surface area contributed by atoms with Gasteiger partial charge in [0.15, 0.2) is 11.5 Å². The van der Waals surface area contributed by atoms with Gasteiger partial charge in [0, 0.05) is 25.9 Å². The van der Waals surface area contributed by atoms with E-state index in [2.05, 4.69) is 31.9 Å². The molecule has 1 aliphatic carbocycles. The van der Waals surface area contributed by atoms with Gasteiger partial charge in [0.05, 0.1) is 26.7 Å². The third-order valence-electron chi connectivity index (χ3n) is 6.30. The highest BCUT2D eigenvalue weighted by molar-refractivity contribution is 7.18. The lowest BCUT2D eigenvalue weighted by atomic mass is 10.1. The lowest BCUT2D eigenvalue weighted by Gasteiger charge is -2.14. The first kappa shape index (κ1) is 20.9. The molecule has 1 aromatic carbocycles. The van der Waals surface area contributed by atoms with E-state index in [1.54, 1.807) is 9.58 Å². The molecule has 1 atom stereocenters. The van der Waals surface area contributed by atoms with Crippen molar-refractivity contribution >= 4 is 44.3 Å². The summed E-state index contributed by atoms with van der Waals surface area (Å²) in [4.78, 5) is 26.2. The van der Waals surface area contributed by atoms with Gasteiger partial charge in [-0.15, -0.1) is 11.3 Å². The van der Waals surface area contributed by atoms with Crippen LogP contribution >= 0.6 is 11.3 Å². The van der Waals surface area contributed by atoms with Crippen molar-refractivity contribution in [1.82, 2.24) is 29.6 Å². The zero-order valence-corrected chi connectivity index (χ0v) is 19.0. The third kappa shape index (κ3) is 3.37. The second-order valence-electron chi connectivity index (χ2n) is 8.63. The van der Waals surface area contributed by atoms with Gasteiger partial charge < -0.3 is 10.6 Å². The van der Waals surface area contributed by atoms with Gasteiger partial charge in [0.1, 0.15) is 29.2 Å². The zero-order valence-electron chi connectivity index (χ0n) is 18.2. The number of likely N-dealkylation sites (tertiary alicyclic amines) is 1. The van der Waals surface area contributed by atoms with Gasteiger partial charge in [0.2, 0.25) is 5.91 Å². The first-order chi connectivity index (χ1) is 16.4. The van der Waals surface area contributed by atoms with Crippen LogP contribution in [0.15, 0.2) is 12.4 Å². The minimum Gasteiger partial charge on any atom is -0.383 e. The Morgan fingerprint density at radius 2 is 2.06 bits per heavy atom. The smallest absolute Gasteiger partial charge is 0.219 e. The second-order valence-corrected chi connectivity index (χ2v) is 9.69. The molecule has 8 nitrogen and oxygen atoms in total. The molecular formula is C23H19F2N7OS. The van der Waals surface area contributed by atoms with E-state index in [0.29, 0.717) is 41.2 Å². The number of nitrogens with two attached hydrogens (primary N) is 1. The monoisotopic (exact) mass is 479 g/mol. The predicted octanol–water partition coefficient (Wildman–Crippen LogP) is 3.37. The highest BCUT2D eigenvalue weighted by atomic mass is 32.1. The van der Waals surface area contributed by atoms with Crippen molar-refractivity contribution in [3.05, 3.63) is 40.3 Å². The highest BCUT2D eigenvalue weighted by Gasteiger charge is 2.30. The lowest BCUT2D eigenvalue weighted by Crippen LogP contribution is -2.26. The Balaban J connectivity index is 1.44. The average Bonchev–Trinajstić information content (AvgIpc) is 3.21. The SMILES string of the molecule is CC(=O)N1CC[C@H](n2nc(C#Cc3c(F)cc4sc(C5CC5)nc4c3F)c3c(N)ncnc32)C1.